The number of carbonyl (C=O) groups excluding carboxylic acids is 2. The first kappa shape index (κ1) is 20.8. The molecule has 1 heterocycles. The van der Waals surface area contributed by atoms with E-state index in [0.717, 1.165) is 22.9 Å². The summed E-state index contributed by atoms with van der Waals surface area (Å²) >= 11 is 3.39. The summed E-state index contributed by atoms with van der Waals surface area (Å²) in [7, 11) is 1.30. The molecule has 1 unspecified atom stereocenters. The van der Waals surface area contributed by atoms with Crippen LogP contribution in [0.2, 0.25) is 0 Å². The Bertz CT molecular complexity index is 866. The molecule has 0 aliphatic rings. The first-order valence-electron chi connectivity index (χ1n) is 8.66. The van der Waals surface area contributed by atoms with Gasteiger partial charge in [0, 0.05) is 17.1 Å². The number of rotatable bonds is 8. The molecule has 0 aliphatic heterocycles. The number of aryl methyl sites for hydroxylation is 1. The minimum Gasteiger partial charge on any atom is -0.469 e. The van der Waals surface area contributed by atoms with E-state index in [9.17, 15) is 14.4 Å². The van der Waals surface area contributed by atoms with E-state index < -0.39 is 17.9 Å². The third kappa shape index (κ3) is 6.02. The molecule has 0 spiro atoms. The predicted molar refractivity (Wildman–Crippen MR) is 104 cm³/mol. The maximum atomic E-state index is 12.7. The molecule has 8 heteroatoms. The van der Waals surface area contributed by atoms with Gasteiger partial charge in [0.05, 0.1) is 19.6 Å². The first-order valence-corrected chi connectivity index (χ1v) is 9.45. The fourth-order valence-electron chi connectivity index (χ4n) is 2.50. The van der Waals surface area contributed by atoms with Crippen molar-refractivity contribution in [3.63, 3.8) is 0 Å². The van der Waals surface area contributed by atoms with Crippen molar-refractivity contribution >= 4 is 27.8 Å². The number of methoxy groups -OCH3 is 1. The molecule has 0 saturated carbocycles. The summed E-state index contributed by atoms with van der Waals surface area (Å²) in [5.74, 6) is -0.907. The van der Waals surface area contributed by atoms with Crippen molar-refractivity contribution in [2.75, 3.05) is 7.11 Å². The zero-order valence-electron chi connectivity index (χ0n) is 15.3. The molecule has 1 aromatic heterocycles. The Balaban J connectivity index is 2.25. The third-order valence-electron chi connectivity index (χ3n) is 3.98. The number of ether oxygens (including phenoxy) is 1. The quantitative estimate of drug-likeness (QED) is 0.643. The number of benzene rings is 1. The lowest BCUT2D eigenvalue weighted by molar-refractivity contribution is -0.141. The molecule has 27 heavy (non-hydrogen) atoms. The molecule has 0 saturated heterocycles. The van der Waals surface area contributed by atoms with Gasteiger partial charge in [0.25, 0.3) is 11.5 Å². The zero-order valence-corrected chi connectivity index (χ0v) is 16.9. The van der Waals surface area contributed by atoms with Crippen molar-refractivity contribution in [3.8, 4) is 0 Å². The van der Waals surface area contributed by atoms with Gasteiger partial charge in [0.1, 0.15) is 5.69 Å². The Labute approximate surface area is 165 Å². The van der Waals surface area contributed by atoms with Crippen LogP contribution in [-0.2, 0) is 16.1 Å². The van der Waals surface area contributed by atoms with Gasteiger partial charge < -0.3 is 10.1 Å². The number of carbonyl (C=O) groups is 2. The number of esters is 1. The second-order valence-corrected chi connectivity index (χ2v) is 6.91. The normalized spacial score (nSPS) is 11.7. The van der Waals surface area contributed by atoms with Crippen molar-refractivity contribution in [3.05, 3.63) is 62.5 Å². The summed E-state index contributed by atoms with van der Waals surface area (Å²) in [5, 5.41) is 6.95. The van der Waals surface area contributed by atoms with Gasteiger partial charge in [0.2, 0.25) is 0 Å². The smallest absolute Gasteiger partial charge is 0.307 e. The molecule has 1 amide bonds. The molecule has 7 nitrogen and oxygen atoms in total. The Morgan fingerprint density at radius 3 is 2.74 bits per heavy atom. The Morgan fingerprint density at radius 2 is 2.07 bits per heavy atom. The summed E-state index contributed by atoms with van der Waals surface area (Å²) < 4.78 is 6.85. The standard InChI is InChI=1S/C19H22BrN3O4/c1-3-4-10-23-17(24)9-8-15(22-23)19(26)21-16(12-18(25)27-2)13-6-5-7-14(20)11-13/h5-9,11,16H,3-4,10,12H2,1-2H3,(H,21,26). The van der Waals surface area contributed by atoms with Crippen LogP contribution in [0.4, 0.5) is 0 Å². The lowest BCUT2D eigenvalue weighted by Crippen LogP contribution is -2.33. The van der Waals surface area contributed by atoms with Gasteiger partial charge in [-0.15, -0.1) is 0 Å². The number of hydrogen-bond donors (Lipinski definition) is 1. The van der Waals surface area contributed by atoms with Gasteiger partial charge in [-0.2, -0.15) is 5.10 Å². The van der Waals surface area contributed by atoms with Crippen LogP contribution >= 0.6 is 15.9 Å². The van der Waals surface area contributed by atoms with Gasteiger partial charge >= 0.3 is 5.97 Å². The maximum Gasteiger partial charge on any atom is 0.307 e. The number of halogens is 1. The minimum atomic E-state index is -0.583. The van der Waals surface area contributed by atoms with Gasteiger partial charge in [0.15, 0.2) is 0 Å². The van der Waals surface area contributed by atoms with Crippen molar-refractivity contribution in [1.29, 1.82) is 0 Å². The fourth-order valence-corrected chi connectivity index (χ4v) is 2.91. The molecule has 144 valence electrons. The van der Waals surface area contributed by atoms with E-state index in [1.807, 2.05) is 31.2 Å². The number of amides is 1. The number of nitrogens with zero attached hydrogens (tertiary/aromatic N) is 2. The van der Waals surface area contributed by atoms with Crippen LogP contribution in [0.3, 0.4) is 0 Å². The van der Waals surface area contributed by atoms with Crippen LogP contribution in [0.15, 0.2) is 45.7 Å². The first-order chi connectivity index (χ1) is 12.9. The molecule has 0 radical (unpaired) electrons. The molecule has 1 N–H and O–H groups in total. The highest BCUT2D eigenvalue weighted by atomic mass is 79.9. The second kappa shape index (κ2) is 10.0. The highest BCUT2D eigenvalue weighted by Gasteiger charge is 2.21. The summed E-state index contributed by atoms with van der Waals surface area (Å²) in [4.78, 5) is 36.3. The van der Waals surface area contributed by atoms with E-state index in [4.69, 9.17) is 4.74 Å². The van der Waals surface area contributed by atoms with E-state index >= 15 is 0 Å². The Kier molecular flexibility index (Phi) is 7.72. The zero-order chi connectivity index (χ0) is 19.8. The summed E-state index contributed by atoms with van der Waals surface area (Å²) in [6.07, 6.45) is 1.68. The highest BCUT2D eigenvalue weighted by Crippen LogP contribution is 2.21. The van der Waals surface area contributed by atoms with Gasteiger partial charge in [-0.1, -0.05) is 41.4 Å². The summed E-state index contributed by atoms with van der Waals surface area (Å²) in [5.41, 5.74) is 0.621. The molecule has 1 atom stereocenters. The Morgan fingerprint density at radius 1 is 1.30 bits per heavy atom. The topological polar surface area (TPSA) is 90.3 Å². The largest absolute Gasteiger partial charge is 0.469 e. The van der Waals surface area contributed by atoms with Gasteiger partial charge in [-0.3, -0.25) is 14.4 Å². The summed E-state index contributed by atoms with van der Waals surface area (Å²) in [6, 6.07) is 9.44. The van der Waals surface area contributed by atoms with Crippen LogP contribution in [0.25, 0.3) is 0 Å². The SMILES string of the molecule is CCCCn1nc(C(=O)NC(CC(=O)OC)c2cccc(Br)c2)ccc1=O. The van der Waals surface area contributed by atoms with E-state index in [0.29, 0.717) is 6.54 Å². The van der Waals surface area contributed by atoms with Gasteiger partial charge in [-0.25, -0.2) is 4.68 Å². The number of hydrogen-bond acceptors (Lipinski definition) is 5. The Hall–Kier alpha value is -2.48. The predicted octanol–water partition coefficient (Wildman–Crippen LogP) is 2.84. The van der Waals surface area contributed by atoms with Crippen LogP contribution in [0, 0.1) is 0 Å². The van der Waals surface area contributed by atoms with Crippen LogP contribution < -0.4 is 10.9 Å². The van der Waals surface area contributed by atoms with E-state index in [-0.39, 0.29) is 17.7 Å². The molecule has 0 bridgehead atoms. The molecular formula is C19H22BrN3O4. The van der Waals surface area contributed by atoms with E-state index in [1.165, 1.54) is 23.9 Å². The average Bonchev–Trinajstić information content (AvgIpc) is 2.66. The lowest BCUT2D eigenvalue weighted by Gasteiger charge is -2.18. The van der Waals surface area contributed by atoms with E-state index in [1.54, 1.807) is 0 Å². The van der Waals surface area contributed by atoms with Crippen molar-refractivity contribution in [2.24, 2.45) is 0 Å². The number of unbranched alkanes of at least 4 members (excludes halogenated alkanes) is 1. The van der Waals surface area contributed by atoms with E-state index in [2.05, 4.69) is 26.3 Å². The molecule has 2 rings (SSSR count). The van der Waals surface area contributed by atoms with Crippen LogP contribution in [0.1, 0.15) is 48.3 Å². The molecule has 2 aromatic rings. The highest BCUT2D eigenvalue weighted by molar-refractivity contribution is 9.10. The average molecular weight is 436 g/mol. The van der Waals surface area contributed by atoms with Crippen molar-refractivity contribution in [2.45, 2.75) is 38.8 Å². The molecular weight excluding hydrogens is 414 g/mol. The van der Waals surface area contributed by atoms with Crippen LogP contribution in [0.5, 0.6) is 0 Å². The van der Waals surface area contributed by atoms with Gasteiger partial charge in [-0.05, 0) is 30.2 Å². The maximum absolute atomic E-state index is 12.7. The van der Waals surface area contributed by atoms with Crippen molar-refractivity contribution < 1.29 is 14.3 Å². The monoisotopic (exact) mass is 435 g/mol. The molecule has 0 aliphatic carbocycles. The minimum absolute atomic E-state index is 0.0197. The summed E-state index contributed by atoms with van der Waals surface area (Å²) in [6.45, 7) is 2.46. The number of aromatic nitrogens is 2. The second-order valence-electron chi connectivity index (χ2n) is 5.99. The third-order valence-corrected chi connectivity index (χ3v) is 4.47. The van der Waals surface area contributed by atoms with Crippen LogP contribution in [-0.4, -0.2) is 28.8 Å². The molecule has 1 aromatic carbocycles. The molecule has 0 fully saturated rings. The fraction of sp³-hybridized carbons (Fsp3) is 0.368. The lowest BCUT2D eigenvalue weighted by atomic mass is 10.0. The number of nitrogens with one attached hydrogen (secondary N) is 1. The van der Waals surface area contributed by atoms with Crippen molar-refractivity contribution in [1.82, 2.24) is 15.1 Å².